The van der Waals surface area contributed by atoms with Gasteiger partial charge in [-0.3, -0.25) is 9.78 Å². The molecule has 162 valence electrons. The lowest BCUT2D eigenvalue weighted by atomic mass is 10.1. The molecule has 1 fully saturated rings. The molecule has 32 heavy (non-hydrogen) atoms. The normalized spacial score (nSPS) is 19.7. The Morgan fingerprint density at radius 3 is 2.91 bits per heavy atom. The van der Waals surface area contributed by atoms with Gasteiger partial charge >= 0.3 is 0 Å². The number of hydrogen-bond acceptors (Lipinski definition) is 8. The Morgan fingerprint density at radius 1 is 1.25 bits per heavy atom. The molecule has 2 aliphatic heterocycles. The number of rotatable bonds is 5. The Labute approximate surface area is 184 Å². The van der Waals surface area contributed by atoms with Crippen molar-refractivity contribution in [1.82, 2.24) is 15.3 Å². The van der Waals surface area contributed by atoms with Gasteiger partial charge in [-0.1, -0.05) is 12.1 Å². The smallest absolute Gasteiger partial charge is 0.240 e. The van der Waals surface area contributed by atoms with Gasteiger partial charge in [-0.25, -0.2) is 4.98 Å². The van der Waals surface area contributed by atoms with Crippen molar-refractivity contribution in [2.24, 2.45) is 5.73 Å². The van der Waals surface area contributed by atoms with Crippen LogP contribution in [0.2, 0.25) is 0 Å². The van der Waals surface area contributed by atoms with E-state index in [4.69, 9.17) is 15.2 Å². The molecule has 0 bridgehead atoms. The number of para-hydroxylation sites is 1. The Bertz CT molecular complexity index is 1220. The number of nitrogens with one attached hydrogen (secondary N) is 1. The number of ether oxygens (including phenoxy) is 2. The fourth-order valence-corrected chi connectivity index (χ4v) is 4.28. The van der Waals surface area contributed by atoms with E-state index in [1.54, 1.807) is 12.3 Å². The van der Waals surface area contributed by atoms with E-state index in [9.17, 15) is 10.1 Å². The lowest BCUT2D eigenvalue weighted by Crippen LogP contribution is -2.40. The van der Waals surface area contributed by atoms with E-state index in [2.05, 4.69) is 21.4 Å². The second-order valence-electron chi connectivity index (χ2n) is 7.86. The highest BCUT2D eigenvalue weighted by atomic mass is 16.6. The maximum absolute atomic E-state index is 12.3. The maximum atomic E-state index is 12.3. The average molecular weight is 430 g/mol. The molecule has 5 rings (SSSR count). The van der Waals surface area contributed by atoms with Crippen molar-refractivity contribution in [3.05, 3.63) is 54.0 Å². The first-order valence-corrected chi connectivity index (χ1v) is 10.5. The maximum Gasteiger partial charge on any atom is 0.240 e. The molecule has 3 aromatic rings. The number of aromatic nitrogens is 2. The summed E-state index contributed by atoms with van der Waals surface area (Å²) in [5.41, 5.74) is 8.39. The van der Waals surface area contributed by atoms with Gasteiger partial charge in [-0.2, -0.15) is 5.26 Å². The number of nitriles is 1. The van der Waals surface area contributed by atoms with Gasteiger partial charge in [-0.05, 0) is 24.6 Å². The number of carbonyl (C=O) groups is 1. The van der Waals surface area contributed by atoms with E-state index < -0.39 is 6.04 Å². The van der Waals surface area contributed by atoms with E-state index >= 15 is 0 Å². The largest absolute Gasteiger partial charge is 0.486 e. The Kier molecular flexibility index (Phi) is 5.21. The summed E-state index contributed by atoms with van der Waals surface area (Å²) in [6.07, 6.45) is 2.24. The van der Waals surface area contributed by atoms with E-state index in [1.807, 2.05) is 35.2 Å². The number of pyridine rings is 2. The van der Waals surface area contributed by atoms with Crippen LogP contribution < -0.4 is 25.4 Å². The molecule has 0 saturated carbocycles. The highest BCUT2D eigenvalue weighted by Gasteiger charge is 2.36. The zero-order valence-electron chi connectivity index (χ0n) is 17.3. The third-order valence-electron chi connectivity index (χ3n) is 5.81. The summed E-state index contributed by atoms with van der Waals surface area (Å²) >= 11 is 0. The van der Waals surface area contributed by atoms with Gasteiger partial charge in [0.15, 0.2) is 11.5 Å². The quantitative estimate of drug-likeness (QED) is 0.624. The molecule has 0 aliphatic carbocycles. The summed E-state index contributed by atoms with van der Waals surface area (Å²) < 4.78 is 11.1. The highest BCUT2D eigenvalue weighted by Crippen LogP contribution is 2.32. The Morgan fingerprint density at radius 2 is 2.09 bits per heavy atom. The third kappa shape index (κ3) is 3.76. The summed E-state index contributed by atoms with van der Waals surface area (Å²) in [5.74, 6) is 0.961. The first kappa shape index (κ1) is 20.0. The molecular formula is C23H22N6O3. The standard InChI is InChI=1S/C23H22N6O3/c24-10-15-5-4-14-2-1-3-18(22(14)28-15)29-13-17(8-19(29)23(25)30)26-11-16-9-20-21(12-27-16)32-7-6-31-20/h1-5,9,12,17,19,26H,6-8,11,13H2,(H2,25,30)/t17-,19+/m1/s1. The average Bonchev–Trinajstić information content (AvgIpc) is 3.26. The van der Waals surface area contributed by atoms with Crippen LogP contribution in [0.3, 0.4) is 0 Å². The van der Waals surface area contributed by atoms with Crippen LogP contribution in [0, 0.1) is 11.3 Å². The molecule has 4 heterocycles. The van der Waals surface area contributed by atoms with Crippen LogP contribution in [0.4, 0.5) is 5.69 Å². The molecule has 9 heteroatoms. The lowest BCUT2D eigenvalue weighted by Gasteiger charge is -2.25. The molecule has 0 spiro atoms. The Hall–Kier alpha value is -3.90. The van der Waals surface area contributed by atoms with Crippen molar-refractivity contribution in [2.45, 2.75) is 25.0 Å². The number of hydrogen-bond donors (Lipinski definition) is 2. The van der Waals surface area contributed by atoms with Crippen molar-refractivity contribution in [3.8, 4) is 17.6 Å². The van der Waals surface area contributed by atoms with Gasteiger partial charge in [0.1, 0.15) is 31.0 Å². The van der Waals surface area contributed by atoms with E-state index in [-0.39, 0.29) is 11.9 Å². The lowest BCUT2D eigenvalue weighted by molar-refractivity contribution is -0.119. The summed E-state index contributed by atoms with van der Waals surface area (Å²) in [4.78, 5) is 23.2. The number of anilines is 1. The SMILES string of the molecule is N#Cc1ccc2cccc(N3C[C@H](NCc4cc5c(cn4)OCCO5)C[C@H]3C(N)=O)c2n1. The van der Waals surface area contributed by atoms with Crippen molar-refractivity contribution in [3.63, 3.8) is 0 Å². The number of nitrogens with zero attached hydrogens (tertiary/aromatic N) is 4. The fraction of sp³-hybridized carbons (Fsp3) is 0.304. The predicted octanol–water partition coefficient (Wildman–Crippen LogP) is 1.50. The van der Waals surface area contributed by atoms with Gasteiger partial charge in [0.2, 0.25) is 5.91 Å². The molecule has 1 amide bonds. The summed E-state index contributed by atoms with van der Waals surface area (Å²) in [7, 11) is 0. The number of fused-ring (bicyclic) bond motifs is 2. The summed E-state index contributed by atoms with van der Waals surface area (Å²) in [6.45, 7) is 2.15. The second-order valence-corrected chi connectivity index (χ2v) is 7.86. The number of carbonyl (C=O) groups excluding carboxylic acids is 1. The first-order chi connectivity index (χ1) is 15.6. The highest BCUT2D eigenvalue weighted by molar-refractivity contribution is 5.94. The number of primary amides is 1. The van der Waals surface area contributed by atoms with Crippen LogP contribution in [-0.4, -0.2) is 47.7 Å². The van der Waals surface area contributed by atoms with Crippen LogP contribution in [0.15, 0.2) is 42.6 Å². The van der Waals surface area contributed by atoms with Gasteiger partial charge in [0, 0.05) is 30.6 Å². The fourth-order valence-electron chi connectivity index (χ4n) is 4.28. The molecule has 2 atom stereocenters. The molecule has 9 nitrogen and oxygen atoms in total. The van der Waals surface area contributed by atoms with E-state index in [0.717, 1.165) is 16.8 Å². The van der Waals surface area contributed by atoms with Crippen LogP contribution in [0.1, 0.15) is 17.8 Å². The van der Waals surface area contributed by atoms with Gasteiger partial charge in [-0.15, -0.1) is 0 Å². The molecule has 1 saturated heterocycles. The molecule has 3 N–H and O–H groups in total. The van der Waals surface area contributed by atoms with Crippen molar-refractivity contribution in [1.29, 1.82) is 5.26 Å². The van der Waals surface area contributed by atoms with Crippen LogP contribution >= 0.6 is 0 Å². The van der Waals surface area contributed by atoms with Gasteiger partial charge < -0.3 is 25.4 Å². The molecule has 2 aliphatic rings. The first-order valence-electron chi connectivity index (χ1n) is 10.5. The number of benzene rings is 1. The zero-order valence-corrected chi connectivity index (χ0v) is 17.3. The number of amides is 1. The number of nitrogens with two attached hydrogens (primary N) is 1. The van der Waals surface area contributed by atoms with Crippen LogP contribution in [0.5, 0.6) is 11.5 Å². The molecule has 1 aromatic carbocycles. The zero-order chi connectivity index (χ0) is 22.1. The summed E-state index contributed by atoms with van der Waals surface area (Å²) in [5, 5.41) is 13.6. The predicted molar refractivity (Wildman–Crippen MR) is 117 cm³/mol. The minimum atomic E-state index is -0.473. The molecule has 0 unspecified atom stereocenters. The van der Waals surface area contributed by atoms with Crippen molar-refractivity contribution >= 4 is 22.5 Å². The van der Waals surface area contributed by atoms with Crippen molar-refractivity contribution < 1.29 is 14.3 Å². The van der Waals surface area contributed by atoms with Crippen LogP contribution in [0.25, 0.3) is 10.9 Å². The van der Waals surface area contributed by atoms with Gasteiger partial charge in [0.25, 0.3) is 0 Å². The minimum Gasteiger partial charge on any atom is -0.486 e. The molecular weight excluding hydrogens is 408 g/mol. The minimum absolute atomic E-state index is 0.0249. The van der Waals surface area contributed by atoms with E-state index in [1.165, 1.54) is 0 Å². The molecule has 0 radical (unpaired) electrons. The molecule has 2 aromatic heterocycles. The third-order valence-corrected chi connectivity index (χ3v) is 5.81. The topological polar surface area (TPSA) is 126 Å². The summed E-state index contributed by atoms with van der Waals surface area (Å²) in [6, 6.07) is 12.8. The van der Waals surface area contributed by atoms with Gasteiger partial charge in [0.05, 0.1) is 23.1 Å². The monoisotopic (exact) mass is 430 g/mol. The second kappa shape index (κ2) is 8.32. The van der Waals surface area contributed by atoms with E-state index in [0.29, 0.717) is 55.4 Å². The van der Waals surface area contributed by atoms with Crippen molar-refractivity contribution in [2.75, 3.05) is 24.7 Å². The Balaban J connectivity index is 1.36. The van der Waals surface area contributed by atoms with Crippen LogP contribution in [-0.2, 0) is 11.3 Å².